The number of benzene rings is 6. The molecule has 8 rings (SSSR count). The van der Waals surface area contributed by atoms with Gasteiger partial charge in [0.25, 0.3) is 0 Å². The molecule has 0 saturated heterocycles. The minimum Gasteiger partial charge on any atom is -0.507 e. The number of aliphatic hydroxyl groups is 1. The summed E-state index contributed by atoms with van der Waals surface area (Å²) in [5.74, 6) is 5.24. The highest BCUT2D eigenvalue weighted by atomic mass is 16.5. The Labute approximate surface area is 619 Å². The maximum atomic E-state index is 12.7. The van der Waals surface area contributed by atoms with Gasteiger partial charge in [-0.3, -0.25) is 14.4 Å². The Morgan fingerprint density at radius 2 is 0.990 bits per heavy atom. The smallest absolute Gasteiger partial charge is 0.341 e. The Morgan fingerprint density at radius 1 is 0.567 bits per heavy atom. The summed E-state index contributed by atoms with van der Waals surface area (Å²) >= 11 is 0. The number of carbonyl (C=O) groups excluding carboxylic acids is 4. The maximum Gasteiger partial charge on any atom is 0.341 e. The molecule has 1 aliphatic rings. The summed E-state index contributed by atoms with van der Waals surface area (Å²) in [6, 6.07) is 36.4. The maximum absolute atomic E-state index is 12.7. The van der Waals surface area contributed by atoms with Gasteiger partial charge < -0.3 is 59.3 Å². The van der Waals surface area contributed by atoms with Crippen LogP contribution in [0.15, 0.2) is 128 Å². The first-order valence-electron chi connectivity index (χ1n) is 36.5. The van der Waals surface area contributed by atoms with E-state index in [4.69, 9.17) is 33.5 Å². The second-order valence-electron chi connectivity index (χ2n) is 26.4. The molecule has 0 radical (unpaired) electrons. The van der Waals surface area contributed by atoms with Crippen LogP contribution in [0.5, 0.6) is 34.5 Å². The van der Waals surface area contributed by atoms with Gasteiger partial charge in [-0.15, -0.1) is 0 Å². The number of hydrogen-bond acceptors (Lipinski definition) is 15. The summed E-state index contributed by atoms with van der Waals surface area (Å²) in [5, 5.41) is 33.4. The number of anilines is 1. The highest BCUT2D eigenvalue weighted by Crippen LogP contribution is 2.36. The highest BCUT2D eigenvalue weighted by molar-refractivity contribution is 5.95. The van der Waals surface area contributed by atoms with E-state index in [-0.39, 0.29) is 41.6 Å². The van der Waals surface area contributed by atoms with E-state index in [1.807, 2.05) is 117 Å². The number of carboxylic acid groups (broad SMARTS) is 1. The molecule has 5 N–H and O–H groups in total. The standard InChI is InChI=1S/C24H29N3O3.C15H22O3.C13H21NO.C12H18O2.C12H16O2.C10H12O3/c1-5-30-23-19(7-6-8-20(23)16(2)3)15-27(4)22(29)12-9-17-13-18-10-11-21(28)26-24(18)25-14-17;1-5-10-18-15(16)13-9-7-8-12(11(3)4)14(13)17-6-2;1-5-15-13-11(9-14-4)7-6-8-12(13)10(2)3;2*1-4-14-12-10(8-13)6-5-7-11(12)9(2)3;1-6(2)7-4-3-5-8(9(7)11)10(12)13/h6-9,12-14,16H,5,10-11,15H2,1-4H3,(H,25,26,28);7-9,11H,5-6,10H2,1-4H3;6-8,10,14H,5,9H2,1-4H3;5-7,9,13H,4,8H2,1-3H3;5-9H,4H2,1-3H3;3-6,11H,1-2H3,(H,12,13)/b12-9+;;;;;. The molecule has 1 aliphatic heterocycles. The average Bonchev–Trinajstić information content (AvgIpc) is 0.819. The summed E-state index contributed by atoms with van der Waals surface area (Å²) in [6.45, 7) is 41.7. The number of esters is 1. The number of carbonyl (C=O) groups is 5. The molecular weight excluding hydrogens is 1310 g/mol. The number of fused-ring (bicyclic) bond motifs is 1. The number of phenols is 1. The van der Waals surface area contributed by atoms with E-state index in [2.05, 4.69) is 115 Å². The molecule has 0 fully saturated rings. The van der Waals surface area contributed by atoms with Gasteiger partial charge in [0.2, 0.25) is 11.8 Å². The third-order valence-electron chi connectivity index (χ3n) is 16.4. The van der Waals surface area contributed by atoms with Crippen molar-refractivity contribution in [3.05, 3.63) is 205 Å². The van der Waals surface area contributed by atoms with Crippen molar-refractivity contribution in [3.63, 3.8) is 0 Å². The van der Waals surface area contributed by atoms with Crippen LogP contribution >= 0.6 is 0 Å². The lowest BCUT2D eigenvalue weighted by atomic mass is 9.99. The Hall–Kier alpha value is -9.52. The lowest BCUT2D eigenvalue weighted by molar-refractivity contribution is -0.125. The SMILES string of the molecule is CC(C)c1cccc(C(=O)O)c1O.CCCOC(=O)c1cccc(C(C)C)c1OCC.CCOc1c(C=O)cccc1C(C)C.CCOc1c(CN(C)C(=O)/C=C/c2cnc3c(c2)CCC(=O)N3)cccc1C(C)C.CCOc1c(CNC)cccc1C(C)C.CCOc1c(CO)cccc1C(C)C. The molecule has 566 valence electrons. The van der Waals surface area contributed by atoms with Crippen LogP contribution in [-0.2, 0) is 40.4 Å². The number of carboxylic acids is 1. The van der Waals surface area contributed by atoms with Crippen LogP contribution in [0.1, 0.15) is 265 Å². The van der Waals surface area contributed by atoms with Crippen LogP contribution in [0.4, 0.5) is 5.82 Å². The minimum absolute atomic E-state index is 0.0111. The van der Waals surface area contributed by atoms with Gasteiger partial charge in [0, 0.05) is 55.5 Å². The molecule has 18 heteroatoms. The first kappa shape index (κ1) is 88.7. The number of aryl methyl sites for hydroxylation is 1. The van der Waals surface area contributed by atoms with Gasteiger partial charge in [0.15, 0.2) is 6.29 Å². The second kappa shape index (κ2) is 47.0. The van der Waals surface area contributed by atoms with Gasteiger partial charge in [-0.25, -0.2) is 14.6 Å². The van der Waals surface area contributed by atoms with Crippen molar-refractivity contribution in [2.45, 2.75) is 199 Å². The molecule has 18 nitrogen and oxygen atoms in total. The molecule has 7 aromatic rings. The van der Waals surface area contributed by atoms with E-state index in [1.165, 1.54) is 22.8 Å². The summed E-state index contributed by atoms with van der Waals surface area (Å²) in [6.07, 6.45) is 7.76. The Balaban J connectivity index is 0.000000335. The number of amides is 2. The topological polar surface area (TPSA) is 242 Å². The first-order chi connectivity index (χ1) is 49.6. The summed E-state index contributed by atoms with van der Waals surface area (Å²) in [7, 11) is 3.74. The molecule has 2 amide bonds. The first-order valence-corrected chi connectivity index (χ1v) is 36.5. The fraction of sp³-hybridized carbons (Fsp3) is 0.442. The molecule has 0 aliphatic carbocycles. The fourth-order valence-electron chi connectivity index (χ4n) is 11.1. The molecule has 104 heavy (non-hydrogen) atoms. The van der Waals surface area contributed by atoms with Crippen molar-refractivity contribution >= 4 is 41.9 Å². The van der Waals surface area contributed by atoms with E-state index in [0.717, 1.165) is 87.8 Å². The van der Waals surface area contributed by atoms with E-state index >= 15 is 0 Å². The number of nitrogens with zero attached hydrogens (tertiary/aromatic N) is 2. The van der Waals surface area contributed by atoms with Crippen molar-refractivity contribution < 1.29 is 67.7 Å². The van der Waals surface area contributed by atoms with Crippen LogP contribution in [0.2, 0.25) is 0 Å². The highest BCUT2D eigenvalue weighted by Gasteiger charge is 2.22. The van der Waals surface area contributed by atoms with Crippen molar-refractivity contribution in [1.29, 1.82) is 0 Å². The lowest BCUT2D eigenvalue weighted by Crippen LogP contribution is -2.24. The Bertz CT molecular complexity index is 3840. The minimum atomic E-state index is -1.10. The number of likely N-dealkylation sites (N-methyl/N-ethyl adjacent to an activating group) is 1. The van der Waals surface area contributed by atoms with E-state index in [1.54, 1.807) is 54.6 Å². The van der Waals surface area contributed by atoms with E-state index < -0.39 is 5.97 Å². The molecule has 6 aromatic carbocycles. The van der Waals surface area contributed by atoms with Gasteiger partial charge in [-0.2, -0.15) is 0 Å². The third kappa shape index (κ3) is 27.6. The molecule has 0 unspecified atom stereocenters. The summed E-state index contributed by atoms with van der Waals surface area (Å²) < 4.78 is 33.5. The van der Waals surface area contributed by atoms with Gasteiger partial charge >= 0.3 is 11.9 Å². The quantitative estimate of drug-likeness (QED) is 0.0174. The molecular formula is C86H118N4O14. The van der Waals surface area contributed by atoms with Crippen LogP contribution in [0.25, 0.3) is 6.08 Å². The number of rotatable bonds is 28. The molecule has 0 bridgehead atoms. The van der Waals surface area contributed by atoms with Crippen LogP contribution in [0.3, 0.4) is 0 Å². The normalized spacial score (nSPS) is 11.3. The van der Waals surface area contributed by atoms with Crippen molar-refractivity contribution in [1.82, 2.24) is 15.2 Å². The van der Waals surface area contributed by atoms with Gasteiger partial charge in [-0.05, 0) is 165 Å². The molecule has 0 spiro atoms. The number of ether oxygens (including phenoxy) is 6. The molecule has 0 atom stereocenters. The number of para-hydroxylation sites is 6. The molecule has 2 heterocycles. The number of aldehydes is 1. The van der Waals surface area contributed by atoms with Gasteiger partial charge in [-0.1, -0.05) is 181 Å². The largest absolute Gasteiger partial charge is 0.507 e. The van der Waals surface area contributed by atoms with Crippen LogP contribution < -0.4 is 34.3 Å². The van der Waals surface area contributed by atoms with Crippen molar-refractivity contribution in [2.75, 3.05) is 59.1 Å². The molecule has 0 saturated carbocycles. The van der Waals surface area contributed by atoms with Gasteiger partial charge in [0.05, 0.1) is 51.8 Å². The van der Waals surface area contributed by atoms with E-state index in [9.17, 15) is 34.2 Å². The number of aromatic nitrogens is 1. The lowest BCUT2D eigenvalue weighted by Gasteiger charge is -2.21. The van der Waals surface area contributed by atoms with Crippen LogP contribution in [0, 0.1) is 0 Å². The number of nitrogens with one attached hydrogen (secondary N) is 2. The van der Waals surface area contributed by atoms with Gasteiger partial charge in [0.1, 0.15) is 51.4 Å². The Morgan fingerprint density at radius 3 is 1.46 bits per heavy atom. The van der Waals surface area contributed by atoms with Crippen molar-refractivity contribution in [3.8, 4) is 34.5 Å². The van der Waals surface area contributed by atoms with E-state index in [0.29, 0.717) is 110 Å². The Kier molecular flexibility index (Phi) is 40.0. The number of pyridine rings is 1. The average molecular weight is 1430 g/mol. The number of aromatic hydroxyl groups is 1. The second-order valence-corrected chi connectivity index (χ2v) is 26.4. The number of aromatic carboxylic acids is 1. The summed E-state index contributed by atoms with van der Waals surface area (Å²) in [5.41, 5.74) is 12.5. The van der Waals surface area contributed by atoms with Crippen LogP contribution in [-0.4, -0.2) is 109 Å². The predicted octanol–water partition coefficient (Wildman–Crippen LogP) is 18.8. The monoisotopic (exact) mass is 1430 g/mol. The zero-order valence-corrected chi connectivity index (χ0v) is 65.5. The zero-order chi connectivity index (χ0) is 77.6. The predicted molar refractivity (Wildman–Crippen MR) is 419 cm³/mol. The number of hydrogen-bond donors (Lipinski definition) is 5. The summed E-state index contributed by atoms with van der Waals surface area (Å²) in [4.78, 5) is 63.5. The zero-order valence-electron chi connectivity index (χ0n) is 65.5. The molecule has 1 aromatic heterocycles. The van der Waals surface area contributed by atoms with Crippen molar-refractivity contribution in [2.24, 2.45) is 0 Å². The number of aliphatic hydroxyl groups excluding tert-OH is 1. The fourth-order valence-corrected chi connectivity index (χ4v) is 11.1. The third-order valence-corrected chi connectivity index (χ3v) is 16.4.